The molecule has 0 aliphatic rings. The molecule has 156 valence electrons. The van der Waals surface area contributed by atoms with Crippen LogP contribution in [-0.2, 0) is 0 Å². The van der Waals surface area contributed by atoms with E-state index in [0.717, 1.165) is 12.6 Å². The lowest BCUT2D eigenvalue weighted by Gasteiger charge is -2.27. The zero-order valence-electron chi connectivity index (χ0n) is 16.7. The Hall–Kier alpha value is -2.52. The first-order valence-corrected chi connectivity index (χ1v) is 12.7. The van der Waals surface area contributed by atoms with E-state index in [4.69, 9.17) is 27.9 Å². The summed E-state index contributed by atoms with van der Waals surface area (Å²) in [5, 5.41) is 4.08. The second kappa shape index (κ2) is 10.2. The van der Waals surface area contributed by atoms with Crippen LogP contribution in [0, 0.1) is 0 Å². The zero-order valence-corrected chi connectivity index (χ0v) is 19.1. The van der Waals surface area contributed by atoms with Crippen molar-refractivity contribution in [2.75, 3.05) is 12.8 Å². The third-order valence-electron chi connectivity index (χ3n) is 5.02. The van der Waals surface area contributed by atoms with Crippen LogP contribution in [0.2, 0.25) is 10.6 Å². The summed E-state index contributed by atoms with van der Waals surface area (Å²) in [6.07, 6.45) is 1.75. The maximum Gasteiger partial charge on any atom is 0.322 e. The molecule has 4 rings (SSSR count). The van der Waals surface area contributed by atoms with E-state index in [0.29, 0.717) is 6.61 Å². The van der Waals surface area contributed by atoms with Crippen molar-refractivity contribution in [2.24, 2.45) is 0 Å². The molecule has 31 heavy (non-hydrogen) atoms. The van der Waals surface area contributed by atoms with Gasteiger partial charge in [0.1, 0.15) is 23.2 Å². The molecule has 0 radical (unpaired) electrons. The van der Waals surface area contributed by atoms with Crippen LogP contribution >= 0.6 is 30.5 Å². The molecule has 3 aromatic carbocycles. The molecule has 0 aliphatic carbocycles. The molecule has 0 spiro atoms. The van der Waals surface area contributed by atoms with E-state index < -0.39 is 7.26 Å². The van der Waals surface area contributed by atoms with Crippen molar-refractivity contribution in [1.82, 2.24) is 15.0 Å². The maximum atomic E-state index is 5.85. The van der Waals surface area contributed by atoms with Crippen molar-refractivity contribution in [2.45, 2.75) is 6.42 Å². The first kappa shape index (κ1) is 21.7. The van der Waals surface area contributed by atoms with E-state index >= 15 is 0 Å². The third kappa shape index (κ3) is 5.04. The Labute approximate surface area is 192 Å². The van der Waals surface area contributed by atoms with Crippen LogP contribution in [0.15, 0.2) is 91.0 Å². The Morgan fingerprint density at radius 2 is 1.03 bits per heavy atom. The van der Waals surface area contributed by atoms with E-state index in [1.807, 2.05) is 0 Å². The fraction of sp³-hybridized carbons (Fsp3) is 0.125. The van der Waals surface area contributed by atoms with Crippen LogP contribution in [0.25, 0.3) is 0 Å². The van der Waals surface area contributed by atoms with E-state index in [-0.39, 0.29) is 16.6 Å². The largest absolute Gasteiger partial charge is 0.463 e. The molecular weight excluding hydrogens is 448 g/mol. The number of nitrogens with zero attached hydrogens (tertiary/aromatic N) is 3. The second-order valence-corrected chi connectivity index (χ2v) is 11.2. The summed E-state index contributed by atoms with van der Waals surface area (Å²) < 4.78 is 5.76. The summed E-state index contributed by atoms with van der Waals surface area (Å²) in [6.45, 7) is 0.449. The van der Waals surface area contributed by atoms with Gasteiger partial charge in [-0.05, 0) is 59.6 Å². The molecule has 0 fully saturated rings. The Kier molecular flexibility index (Phi) is 7.14. The summed E-state index contributed by atoms with van der Waals surface area (Å²) >= 11 is 11.7. The fourth-order valence-electron chi connectivity index (χ4n) is 3.72. The van der Waals surface area contributed by atoms with E-state index in [9.17, 15) is 0 Å². The van der Waals surface area contributed by atoms with Gasteiger partial charge in [-0.15, -0.1) is 0 Å². The van der Waals surface area contributed by atoms with Crippen LogP contribution in [0.1, 0.15) is 6.42 Å². The normalized spacial score (nSPS) is 11.3. The minimum atomic E-state index is -1.88. The highest BCUT2D eigenvalue weighted by Crippen LogP contribution is 2.55. The molecular formula is C24H21Cl2N3OP+. The number of halogens is 2. The van der Waals surface area contributed by atoms with Gasteiger partial charge in [-0.25, -0.2) is 0 Å². The van der Waals surface area contributed by atoms with Crippen LogP contribution < -0.4 is 20.7 Å². The zero-order chi connectivity index (χ0) is 21.5. The maximum absolute atomic E-state index is 5.85. The predicted octanol–water partition coefficient (Wildman–Crippen LogP) is 4.94. The molecule has 4 aromatic rings. The molecule has 0 aliphatic heterocycles. The SMILES string of the molecule is Clc1nc(Cl)nc(OCCC[P+](c2ccccc2)(c2ccccc2)c2ccccc2)n1. The average Bonchev–Trinajstić information content (AvgIpc) is 2.80. The summed E-state index contributed by atoms with van der Waals surface area (Å²) in [6, 6.07) is 32.4. The third-order valence-corrected chi connectivity index (χ3v) is 9.88. The summed E-state index contributed by atoms with van der Waals surface area (Å²) in [5.41, 5.74) is 0. The average molecular weight is 469 g/mol. The van der Waals surface area contributed by atoms with Gasteiger partial charge in [0.05, 0.1) is 12.8 Å². The van der Waals surface area contributed by atoms with E-state index in [1.54, 1.807) is 0 Å². The van der Waals surface area contributed by atoms with Gasteiger partial charge in [-0.1, -0.05) is 54.6 Å². The van der Waals surface area contributed by atoms with Crippen molar-refractivity contribution >= 4 is 46.4 Å². The van der Waals surface area contributed by atoms with Gasteiger partial charge in [0.15, 0.2) is 0 Å². The molecule has 0 saturated heterocycles. The molecule has 0 atom stereocenters. The quantitative estimate of drug-likeness (QED) is 0.271. The van der Waals surface area contributed by atoms with Crippen LogP contribution in [0.3, 0.4) is 0 Å². The molecule has 1 heterocycles. The van der Waals surface area contributed by atoms with Gasteiger partial charge < -0.3 is 4.74 Å². The Bertz CT molecular complexity index is 999. The molecule has 7 heteroatoms. The topological polar surface area (TPSA) is 47.9 Å². The Balaban J connectivity index is 1.67. The molecule has 4 nitrogen and oxygen atoms in total. The van der Waals surface area contributed by atoms with Gasteiger partial charge in [0, 0.05) is 6.42 Å². The molecule has 0 saturated carbocycles. The summed E-state index contributed by atoms with van der Waals surface area (Å²) in [5.74, 6) is 0. The van der Waals surface area contributed by atoms with Gasteiger partial charge in [0.2, 0.25) is 10.6 Å². The Morgan fingerprint density at radius 1 is 0.613 bits per heavy atom. The van der Waals surface area contributed by atoms with Crippen LogP contribution in [0.5, 0.6) is 6.01 Å². The number of hydrogen-bond acceptors (Lipinski definition) is 4. The van der Waals surface area contributed by atoms with Crippen LogP contribution in [-0.4, -0.2) is 27.7 Å². The van der Waals surface area contributed by atoms with E-state index in [1.165, 1.54) is 15.9 Å². The van der Waals surface area contributed by atoms with Gasteiger partial charge in [-0.2, -0.15) is 15.0 Å². The number of rotatable bonds is 8. The number of ether oxygens (including phenoxy) is 1. The molecule has 0 bridgehead atoms. The summed E-state index contributed by atoms with van der Waals surface area (Å²) in [4.78, 5) is 11.7. The lowest BCUT2D eigenvalue weighted by Crippen LogP contribution is -2.33. The van der Waals surface area contributed by atoms with Crippen LogP contribution in [0.4, 0.5) is 0 Å². The monoisotopic (exact) mass is 468 g/mol. The van der Waals surface area contributed by atoms with Gasteiger partial charge >= 0.3 is 6.01 Å². The smallest absolute Gasteiger partial charge is 0.322 e. The van der Waals surface area contributed by atoms with Crippen molar-refractivity contribution < 1.29 is 4.74 Å². The lowest BCUT2D eigenvalue weighted by molar-refractivity contribution is 0.292. The van der Waals surface area contributed by atoms with E-state index in [2.05, 4.69) is 106 Å². The highest BCUT2D eigenvalue weighted by molar-refractivity contribution is 7.95. The molecule has 1 aromatic heterocycles. The lowest BCUT2D eigenvalue weighted by atomic mass is 10.4. The molecule has 0 unspecified atom stereocenters. The Morgan fingerprint density at radius 3 is 1.45 bits per heavy atom. The number of aromatic nitrogens is 3. The first-order valence-electron chi connectivity index (χ1n) is 9.93. The first-order chi connectivity index (χ1) is 15.2. The van der Waals surface area contributed by atoms with Crippen molar-refractivity contribution in [1.29, 1.82) is 0 Å². The molecule has 0 amide bonds. The van der Waals surface area contributed by atoms with Crippen molar-refractivity contribution in [3.05, 3.63) is 102 Å². The molecule has 0 N–H and O–H groups in total. The standard InChI is InChI=1S/C24H21Cl2N3OP/c25-22-27-23(26)29-24(28-22)30-17-10-18-31(19-11-4-1-5-12-19,20-13-6-2-7-14-20)21-15-8-3-9-16-21/h1-9,11-16H,10,17-18H2/q+1. The highest BCUT2D eigenvalue weighted by Gasteiger charge is 2.44. The second-order valence-electron chi connectivity index (χ2n) is 6.90. The highest BCUT2D eigenvalue weighted by atomic mass is 35.5. The van der Waals surface area contributed by atoms with Crippen molar-refractivity contribution in [3.63, 3.8) is 0 Å². The van der Waals surface area contributed by atoms with Gasteiger partial charge in [-0.3, -0.25) is 0 Å². The number of hydrogen-bond donors (Lipinski definition) is 0. The van der Waals surface area contributed by atoms with Crippen molar-refractivity contribution in [3.8, 4) is 6.01 Å². The fourth-order valence-corrected chi connectivity index (χ4v) is 8.38. The summed E-state index contributed by atoms with van der Waals surface area (Å²) in [7, 11) is -1.88. The number of benzene rings is 3. The predicted molar refractivity (Wildman–Crippen MR) is 130 cm³/mol. The minimum absolute atomic E-state index is 0.0229. The minimum Gasteiger partial charge on any atom is -0.463 e. The van der Waals surface area contributed by atoms with Gasteiger partial charge in [0.25, 0.3) is 0 Å².